The Hall–Kier alpha value is -3.27. The summed E-state index contributed by atoms with van der Waals surface area (Å²) < 4.78 is 30.3. The molecule has 4 rings (SSSR count). The number of hydrogen-bond acceptors (Lipinski definition) is 8. The first-order valence-electron chi connectivity index (χ1n) is 10.2. The summed E-state index contributed by atoms with van der Waals surface area (Å²) in [6, 6.07) is 7.10. The topological polar surface area (TPSA) is 116 Å². The van der Waals surface area contributed by atoms with Crippen molar-refractivity contribution in [2.24, 2.45) is 5.92 Å². The van der Waals surface area contributed by atoms with Crippen LogP contribution in [0.4, 0.5) is 31.9 Å². The lowest BCUT2D eigenvalue weighted by Crippen LogP contribution is -2.38. The maximum atomic E-state index is 12.3. The van der Waals surface area contributed by atoms with Gasteiger partial charge in [-0.1, -0.05) is 0 Å². The second-order valence-corrected chi connectivity index (χ2v) is 7.60. The molecule has 0 radical (unpaired) electrons. The lowest BCUT2D eigenvalue weighted by Gasteiger charge is -2.33. The molecule has 1 aromatic carbocycles. The first-order valence-corrected chi connectivity index (χ1v) is 10.2. The number of furan rings is 1. The number of aromatic nitrogens is 2. The Kier molecular flexibility index (Phi) is 6.26. The number of nitrogens with zero attached hydrogens (tertiary/aromatic N) is 3. The molecule has 5 N–H and O–H groups in total. The molecule has 164 valence electrons. The fourth-order valence-electron chi connectivity index (χ4n) is 3.78. The van der Waals surface area contributed by atoms with Crippen molar-refractivity contribution in [1.82, 2.24) is 15.3 Å². The van der Waals surface area contributed by atoms with Gasteiger partial charge in [-0.05, 0) is 43.5 Å². The summed E-state index contributed by atoms with van der Waals surface area (Å²) in [4.78, 5) is 11.4. The maximum Gasteiger partial charge on any atom is 0.250 e. The Morgan fingerprint density at radius 1 is 1.26 bits per heavy atom. The normalized spacial score (nSPS) is 15.0. The average molecular weight is 429 g/mol. The van der Waals surface area contributed by atoms with Crippen LogP contribution >= 0.6 is 0 Å². The Bertz CT molecular complexity index is 1050. The first-order chi connectivity index (χ1) is 15.0. The fraction of sp³-hybridized carbons (Fsp3) is 0.381. The van der Waals surface area contributed by atoms with Crippen LogP contribution in [0.5, 0.6) is 0 Å². The average Bonchev–Trinajstić information content (AvgIpc) is 3.22. The number of anilines is 4. The van der Waals surface area contributed by atoms with Gasteiger partial charge < -0.3 is 31.1 Å². The van der Waals surface area contributed by atoms with Crippen LogP contribution in [-0.2, 0) is 0 Å². The molecule has 8 nitrogen and oxygen atoms in total. The molecule has 0 atom stereocenters. The minimum absolute atomic E-state index is 0.264. The fourth-order valence-corrected chi connectivity index (χ4v) is 3.78. The monoisotopic (exact) mass is 429 g/mol. The third-order valence-corrected chi connectivity index (χ3v) is 5.43. The molecular formula is C21H25F2N7O. The van der Waals surface area contributed by atoms with Crippen LogP contribution in [-0.4, -0.2) is 48.8 Å². The third-order valence-electron chi connectivity index (χ3n) is 5.43. The zero-order chi connectivity index (χ0) is 21.8. The number of halogens is 2. The summed E-state index contributed by atoms with van der Waals surface area (Å²) >= 11 is 0. The second-order valence-electron chi connectivity index (χ2n) is 7.60. The molecule has 2 aromatic heterocycles. The zero-order valence-corrected chi connectivity index (χ0v) is 16.9. The van der Waals surface area contributed by atoms with E-state index in [0.29, 0.717) is 46.6 Å². The van der Waals surface area contributed by atoms with Crippen molar-refractivity contribution < 1.29 is 13.2 Å². The second kappa shape index (κ2) is 9.25. The molecule has 3 aromatic rings. The van der Waals surface area contributed by atoms with E-state index in [1.807, 2.05) is 6.07 Å². The van der Waals surface area contributed by atoms with Gasteiger partial charge in [0.15, 0.2) is 11.4 Å². The van der Waals surface area contributed by atoms with Gasteiger partial charge in [-0.2, -0.15) is 4.98 Å². The molecule has 10 heteroatoms. The standard InChI is InChI=1S/C21H25F2N7O/c22-18(23)12-26-11-13-3-6-30(7-4-13)20-19-17(5-8-31-19)28-21(29-20)27-15-2-1-14(10-24)16(25)9-15/h1-2,5,8-10,13,18,24,26H,3-4,6-7,11-12,25H2,(H,27,28,29). The predicted octanol–water partition coefficient (Wildman–Crippen LogP) is 3.62. The minimum Gasteiger partial charge on any atom is -0.459 e. The molecule has 0 saturated carbocycles. The number of rotatable bonds is 8. The smallest absolute Gasteiger partial charge is 0.250 e. The van der Waals surface area contributed by atoms with E-state index < -0.39 is 6.43 Å². The Labute approximate surface area is 178 Å². The number of nitrogen functional groups attached to an aromatic ring is 1. The van der Waals surface area contributed by atoms with Gasteiger partial charge in [0.25, 0.3) is 6.43 Å². The van der Waals surface area contributed by atoms with E-state index in [2.05, 4.69) is 25.5 Å². The highest BCUT2D eigenvalue weighted by Gasteiger charge is 2.24. The van der Waals surface area contributed by atoms with E-state index in [1.165, 1.54) is 6.21 Å². The summed E-state index contributed by atoms with van der Waals surface area (Å²) in [6.45, 7) is 1.85. The highest BCUT2D eigenvalue weighted by atomic mass is 19.3. The van der Waals surface area contributed by atoms with E-state index in [4.69, 9.17) is 15.6 Å². The maximum absolute atomic E-state index is 12.3. The number of fused-ring (bicyclic) bond motifs is 1. The molecule has 1 aliphatic heterocycles. The SMILES string of the molecule is N=Cc1ccc(Nc2nc(N3CCC(CNCC(F)F)CC3)c3occc3n2)cc1N. The lowest BCUT2D eigenvalue weighted by atomic mass is 9.97. The van der Waals surface area contributed by atoms with E-state index in [9.17, 15) is 8.78 Å². The number of alkyl halides is 2. The van der Waals surface area contributed by atoms with Gasteiger partial charge in [0.1, 0.15) is 5.52 Å². The van der Waals surface area contributed by atoms with Crippen molar-refractivity contribution in [1.29, 1.82) is 5.41 Å². The van der Waals surface area contributed by atoms with Crippen LogP contribution in [0.2, 0.25) is 0 Å². The quantitative estimate of drug-likeness (QED) is 0.319. The molecule has 31 heavy (non-hydrogen) atoms. The van der Waals surface area contributed by atoms with Gasteiger partial charge in [-0.3, -0.25) is 0 Å². The summed E-state index contributed by atoms with van der Waals surface area (Å²) in [6.07, 6.45) is 2.23. The van der Waals surface area contributed by atoms with E-state index in [-0.39, 0.29) is 6.54 Å². The Morgan fingerprint density at radius 3 is 2.77 bits per heavy atom. The number of piperidine rings is 1. The molecule has 0 spiro atoms. The predicted molar refractivity (Wildman–Crippen MR) is 118 cm³/mol. The Balaban J connectivity index is 1.49. The molecule has 0 unspecified atom stereocenters. The van der Waals surface area contributed by atoms with Crippen LogP contribution in [0, 0.1) is 11.3 Å². The van der Waals surface area contributed by atoms with Crippen molar-refractivity contribution >= 4 is 40.5 Å². The molecule has 1 fully saturated rings. The van der Waals surface area contributed by atoms with Gasteiger partial charge in [0.05, 0.1) is 12.8 Å². The van der Waals surface area contributed by atoms with Crippen molar-refractivity contribution in [3.8, 4) is 0 Å². The molecule has 1 saturated heterocycles. The minimum atomic E-state index is -2.32. The first kappa shape index (κ1) is 21.0. The molecule has 3 heterocycles. The number of nitrogens with one attached hydrogen (secondary N) is 3. The highest BCUT2D eigenvalue weighted by molar-refractivity contribution is 5.87. The number of benzene rings is 1. The molecule has 0 bridgehead atoms. The summed E-state index contributed by atoms with van der Waals surface area (Å²) in [5.74, 6) is 1.49. The van der Waals surface area contributed by atoms with Gasteiger partial charge >= 0.3 is 0 Å². The number of nitrogens with two attached hydrogens (primary N) is 1. The molecular weight excluding hydrogens is 404 g/mol. The van der Waals surface area contributed by atoms with Crippen LogP contribution in [0.1, 0.15) is 18.4 Å². The number of hydrogen-bond donors (Lipinski definition) is 4. The van der Waals surface area contributed by atoms with Crippen LogP contribution in [0.25, 0.3) is 11.1 Å². The van der Waals surface area contributed by atoms with Crippen LogP contribution in [0.15, 0.2) is 34.9 Å². The van der Waals surface area contributed by atoms with Crippen molar-refractivity contribution in [3.05, 3.63) is 36.1 Å². The van der Waals surface area contributed by atoms with Gasteiger partial charge in [0.2, 0.25) is 5.95 Å². The van der Waals surface area contributed by atoms with Crippen LogP contribution in [0.3, 0.4) is 0 Å². The highest BCUT2D eigenvalue weighted by Crippen LogP contribution is 2.30. The van der Waals surface area contributed by atoms with E-state index >= 15 is 0 Å². The summed E-state index contributed by atoms with van der Waals surface area (Å²) in [5.41, 5.74) is 9.14. The Morgan fingerprint density at radius 2 is 2.06 bits per heavy atom. The van der Waals surface area contributed by atoms with E-state index in [0.717, 1.165) is 31.6 Å². The van der Waals surface area contributed by atoms with E-state index in [1.54, 1.807) is 24.5 Å². The summed E-state index contributed by atoms with van der Waals surface area (Å²) in [5, 5.41) is 13.4. The van der Waals surface area contributed by atoms with Gasteiger partial charge in [-0.15, -0.1) is 0 Å². The largest absolute Gasteiger partial charge is 0.459 e. The van der Waals surface area contributed by atoms with Crippen molar-refractivity contribution in [3.63, 3.8) is 0 Å². The molecule has 0 amide bonds. The lowest BCUT2D eigenvalue weighted by molar-refractivity contribution is 0.143. The van der Waals surface area contributed by atoms with Crippen molar-refractivity contribution in [2.75, 3.05) is 42.1 Å². The van der Waals surface area contributed by atoms with Gasteiger partial charge in [-0.25, -0.2) is 13.8 Å². The third kappa shape index (κ3) is 4.91. The molecule has 1 aliphatic rings. The summed E-state index contributed by atoms with van der Waals surface area (Å²) in [7, 11) is 0. The van der Waals surface area contributed by atoms with Gasteiger partial charge in [0, 0.05) is 42.3 Å². The molecule has 0 aliphatic carbocycles. The zero-order valence-electron chi connectivity index (χ0n) is 16.9. The van der Waals surface area contributed by atoms with Crippen molar-refractivity contribution in [2.45, 2.75) is 19.3 Å². The van der Waals surface area contributed by atoms with Crippen LogP contribution < -0.4 is 21.3 Å².